The van der Waals surface area contributed by atoms with Crippen LogP contribution in [0.1, 0.15) is 31.2 Å². The van der Waals surface area contributed by atoms with Gasteiger partial charge in [0.1, 0.15) is 11.5 Å². The average Bonchev–Trinajstić information content (AvgIpc) is 3.38. The molecule has 4 rings (SSSR count). The van der Waals surface area contributed by atoms with Gasteiger partial charge in [0, 0.05) is 45.0 Å². The highest BCUT2D eigenvalue weighted by molar-refractivity contribution is 5.81. The molecule has 170 valence electrons. The predicted molar refractivity (Wildman–Crippen MR) is 120 cm³/mol. The van der Waals surface area contributed by atoms with E-state index in [1.165, 1.54) is 0 Å². The fraction of sp³-hybridized carbons (Fsp3) is 0.458. The number of rotatable bonds is 6. The van der Waals surface area contributed by atoms with Crippen molar-refractivity contribution in [3.8, 4) is 17.4 Å². The predicted octanol–water partition coefficient (Wildman–Crippen LogP) is 3.43. The molecule has 1 atom stereocenters. The number of amides is 3. The van der Waals surface area contributed by atoms with E-state index in [2.05, 4.69) is 10.3 Å². The number of piperidine rings is 1. The Balaban J connectivity index is 1.25. The molecule has 2 aliphatic heterocycles. The number of carbonyl (C=O) groups excluding carboxylic acids is 2. The Kier molecular flexibility index (Phi) is 7.09. The lowest BCUT2D eigenvalue weighted by atomic mass is 9.97. The second-order valence-electron chi connectivity index (χ2n) is 8.26. The number of aromatic nitrogens is 1. The molecule has 32 heavy (non-hydrogen) atoms. The van der Waals surface area contributed by atoms with Crippen LogP contribution in [0.15, 0.2) is 42.6 Å². The lowest BCUT2D eigenvalue weighted by Gasteiger charge is -2.34. The van der Waals surface area contributed by atoms with E-state index < -0.39 is 0 Å². The molecule has 2 aromatic rings. The van der Waals surface area contributed by atoms with Crippen molar-refractivity contribution in [1.29, 1.82) is 0 Å². The molecule has 8 nitrogen and oxygen atoms in total. The van der Waals surface area contributed by atoms with Gasteiger partial charge in [-0.05, 0) is 55.5 Å². The van der Waals surface area contributed by atoms with E-state index in [4.69, 9.17) is 9.47 Å². The summed E-state index contributed by atoms with van der Waals surface area (Å²) >= 11 is 0. The minimum atomic E-state index is -0.166. The molecule has 2 aliphatic rings. The van der Waals surface area contributed by atoms with Crippen LogP contribution < -0.4 is 14.8 Å². The third-order valence-electron chi connectivity index (χ3n) is 5.99. The molecule has 0 bridgehead atoms. The summed E-state index contributed by atoms with van der Waals surface area (Å²) in [6.45, 7) is 3.28. The number of benzene rings is 1. The van der Waals surface area contributed by atoms with Crippen molar-refractivity contribution in [2.75, 3.05) is 33.3 Å². The van der Waals surface area contributed by atoms with Crippen molar-refractivity contribution in [2.24, 2.45) is 5.92 Å². The first-order chi connectivity index (χ1) is 15.6. The van der Waals surface area contributed by atoms with Crippen LogP contribution in [0.3, 0.4) is 0 Å². The number of urea groups is 1. The normalized spacial score (nSPS) is 18.3. The van der Waals surface area contributed by atoms with Gasteiger partial charge in [-0.15, -0.1) is 0 Å². The number of hydrogen-bond donors (Lipinski definition) is 1. The Morgan fingerprint density at radius 3 is 2.41 bits per heavy atom. The molecule has 0 spiro atoms. The third-order valence-corrected chi connectivity index (χ3v) is 5.99. The maximum atomic E-state index is 12.7. The van der Waals surface area contributed by atoms with Gasteiger partial charge in [0.15, 0.2) is 0 Å². The van der Waals surface area contributed by atoms with E-state index in [9.17, 15) is 9.59 Å². The maximum Gasteiger partial charge on any atom is 0.320 e. The van der Waals surface area contributed by atoms with E-state index in [1.807, 2.05) is 40.1 Å². The van der Waals surface area contributed by atoms with Gasteiger partial charge in [-0.25, -0.2) is 9.78 Å². The van der Waals surface area contributed by atoms with E-state index in [1.54, 1.807) is 19.4 Å². The summed E-state index contributed by atoms with van der Waals surface area (Å²) in [7, 11) is 1.62. The summed E-state index contributed by atoms with van der Waals surface area (Å²) in [5.74, 6) is 1.74. The monoisotopic (exact) mass is 438 g/mol. The maximum absolute atomic E-state index is 12.7. The van der Waals surface area contributed by atoms with Gasteiger partial charge in [0.25, 0.3) is 0 Å². The molecule has 2 saturated heterocycles. The van der Waals surface area contributed by atoms with Gasteiger partial charge < -0.3 is 24.6 Å². The van der Waals surface area contributed by atoms with Crippen LogP contribution in [0.2, 0.25) is 0 Å². The van der Waals surface area contributed by atoms with Crippen molar-refractivity contribution in [3.63, 3.8) is 0 Å². The van der Waals surface area contributed by atoms with Gasteiger partial charge in [0.05, 0.1) is 13.0 Å². The third kappa shape index (κ3) is 5.49. The Hall–Kier alpha value is -3.29. The van der Waals surface area contributed by atoms with Gasteiger partial charge in [-0.3, -0.25) is 4.79 Å². The first kappa shape index (κ1) is 21.9. The summed E-state index contributed by atoms with van der Waals surface area (Å²) in [6.07, 6.45) is 5.51. The van der Waals surface area contributed by atoms with Crippen molar-refractivity contribution in [2.45, 2.75) is 32.2 Å². The zero-order chi connectivity index (χ0) is 22.3. The molecule has 0 radical (unpaired) electrons. The molecular formula is C24H30N4O4. The van der Waals surface area contributed by atoms with Crippen LogP contribution in [-0.4, -0.2) is 60.0 Å². The number of hydrogen-bond acceptors (Lipinski definition) is 5. The summed E-state index contributed by atoms with van der Waals surface area (Å²) in [4.78, 5) is 33.4. The highest BCUT2D eigenvalue weighted by Crippen LogP contribution is 2.23. The quantitative estimate of drug-likeness (QED) is 0.747. The van der Waals surface area contributed by atoms with Crippen molar-refractivity contribution >= 4 is 11.9 Å². The number of nitrogens with zero attached hydrogens (tertiary/aromatic N) is 3. The van der Waals surface area contributed by atoms with Crippen LogP contribution in [-0.2, 0) is 11.3 Å². The zero-order valence-electron chi connectivity index (χ0n) is 18.5. The van der Waals surface area contributed by atoms with Gasteiger partial charge >= 0.3 is 6.03 Å². The highest BCUT2D eigenvalue weighted by atomic mass is 16.5. The number of ether oxygens (including phenoxy) is 2. The molecule has 0 aliphatic carbocycles. The molecule has 0 unspecified atom stereocenters. The highest BCUT2D eigenvalue weighted by Gasteiger charge is 2.31. The second-order valence-corrected chi connectivity index (χ2v) is 8.26. The van der Waals surface area contributed by atoms with Gasteiger partial charge in [-0.2, -0.15) is 0 Å². The Bertz CT molecular complexity index is 911. The number of likely N-dealkylation sites (tertiary alicyclic amines) is 2. The number of methoxy groups -OCH3 is 1. The van der Waals surface area contributed by atoms with Gasteiger partial charge in [0.2, 0.25) is 11.8 Å². The number of nitrogens with one attached hydrogen (secondary N) is 1. The van der Waals surface area contributed by atoms with Crippen LogP contribution in [0, 0.1) is 5.92 Å². The Labute approximate surface area is 188 Å². The zero-order valence-corrected chi connectivity index (χ0v) is 18.5. The van der Waals surface area contributed by atoms with Crippen LogP contribution in [0.5, 0.6) is 17.4 Å². The standard InChI is InChI=1S/C24H30N4O4/c1-31-20-7-9-21(10-8-20)32-22-11-6-18(15-25-22)16-26-23(29)19-5-4-14-28(17-19)24(30)27-12-2-3-13-27/h6-11,15,19H,2-5,12-14,16-17H2,1H3,(H,26,29)/t19-/m0/s1. The van der Waals surface area contributed by atoms with Crippen LogP contribution in [0.4, 0.5) is 4.79 Å². The van der Waals surface area contributed by atoms with Crippen LogP contribution >= 0.6 is 0 Å². The number of pyridine rings is 1. The lowest BCUT2D eigenvalue weighted by molar-refractivity contribution is -0.126. The summed E-state index contributed by atoms with van der Waals surface area (Å²) < 4.78 is 10.9. The van der Waals surface area contributed by atoms with Crippen molar-refractivity contribution in [3.05, 3.63) is 48.2 Å². The fourth-order valence-corrected chi connectivity index (χ4v) is 4.15. The second kappa shape index (κ2) is 10.3. The summed E-state index contributed by atoms with van der Waals surface area (Å²) in [5, 5.41) is 2.99. The topological polar surface area (TPSA) is 84.0 Å². The molecule has 0 saturated carbocycles. The Morgan fingerprint density at radius 1 is 1.00 bits per heavy atom. The molecule has 1 aromatic carbocycles. The van der Waals surface area contributed by atoms with E-state index in [-0.39, 0.29) is 17.9 Å². The van der Waals surface area contributed by atoms with E-state index in [0.29, 0.717) is 24.7 Å². The first-order valence-corrected chi connectivity index (χ1v) is 11.2. The van der Waals surface area contributed by atoms with E-state index >= 15 is 0 Å². The molecular weight excluding hydrogens is 408 g/mol. The molecule has 2 fully saturated rings. The number of carbonyl (C=O) groups is 2. The van der Waals surface area contributed by atoms with Crippen LogP contribution in [0.25, 0.3) is 0 Å². The minimum Gasteiger partial charge on any atom is -0.497 e. The van der Waals surface area contributed by atoms with Gasteiger partial charge in [-0.1, -0.05) is 6.07 Å². The fourth-order valence-electron chi connectivity index (χ4n) is 4.15. The molecule has 3 heterocycles. The smallest absolute Gasteiger partial charge is 0.320 e. The van der Waals surface area contributed by atoms with Crippen molar-refractivity contribution in [1.82, 2.24) is 20.1 Å². The largest absolute Gasteiger partial charge is 0.497 e. The molecule has 1 N–H and O–H groups in total. The minimum absolute atomic E-state index is 0.0116. The SMILES string of the molecule is COc1ccc(Oc2ccc(CNC(=O)[C@H]3CCCN(C(=O)N4CCCC4)C3)cn2)cc1. The molecule has 1 aromatic heterocycles. The summed E-state index contributed by atoms with van der Waals surface area (Å²) in [5.41, 5.74) is 0.890. The lowest BCUT2D eigenvalue weighted by Crippen LogP contribution is -2.49. The Morgan fingerprint density at radius 2 is 1.72 bits per heavy atom. The van der Waals surface area contributed by atoms with Crippen molar-refractivity contribution < 1.29 is 19.1 Å². The first-order valence-electron chi connectivity index (χ1n) is 11.2. The molecule has 3 amide bonds. The average molecular weight is 439 g/mol. The summed E-state index contributed by atoms with van der Waals surface area (Å²) in [6, 6.07) is 11.0. The molecule has 8 heteroatoms. The van der Waals surface area contributed by atoms with E-state index in [0.717, 1.165) is 56.6 Å².